The lowest BCUT2D eigenvalue weighted by Gasteiger charge is -2.34. The lowest BCUT2D eigenvalue weighted by atomic mass is 10.0. The van der Waals surface area contributed by atoms with Crippen molar-refractivity contribution in [1.82, 2.24) is 5.32 Å². The molecule has 3 heteroatoms. The van der Waals surface area contributed by atoms with Crippen LogP contribution in [0.2, 0.25) is 0 Å². The van der Waals surface area contributed by atoms with E-state index in [9.17, 15) is 0 Å². The molecule has 19 heavy (non-hydrogen) atoms. The van der Waals surface area contributed by atoms with Crippen LogP contribution in [0.25, 0.3) is 0 Å². The van der Waals surface area contributed by atoms with Gasteiger partial charge in [0.05, 0.1) is 6.61 Å². The fourth-order valence-corrected chi connectivity index (χ4v) is 2.83. The van der Waals surface area contributed by atoms with Crippen molar-refractivity contribution in [3.8, 4) is 0 Å². The Hall–Kier alpha value is -1.06. The highest BCUT2D eigenvalue weighted by molar-refractivity contribution is 5.53. The third kappa shape index (κ3) is 3.95. The topological polar surface area (TPSA) is 24.5 Å². The molecule has 1 fully saturated rings. The maximum Gasteiger partial charge on any atom is 0.0733 e. The molecule has 0 aromatic heterocycles. The number of rotatable bonds is 3. The van der Waals surface area contributed by atoms with Gasteiger partial charge in [-0.2, -0.15) is 0 Å². The van der Waals surface area contributed by atoms with E-state index in [4.69, 9.17) is 4.74 Å². The number of nitrogens with one attached hydrogen (secondary N) is 1. The zero-order valence-electron chi connectivity index (χ0n) is 12.4. The van der Waals surface area contributed by atoms with Crippen LogP contribution in [0.5, 0.6) is 0 Å². The summed E-state index contributed by atoms with van der Waals surface area (Å²) in [4.78, 5) is 2.53. The number of anilines is 1. The van der Waals surface area contributed by atoms with Gasteiger partial charge in [0, 0.05) is 31.5 Å². The normalized spacial score (nSPS) is 24.9. The minimum atomic E-state index is 0.670. The van der Waals surface area contributed by atoms with Crippen LogP contribution in [0, 0.1) is 11.8 Å². The van der Waals surface area contributed by atoms with E-state index in [1.54, 1.807) is 7.11 Å². The van der Waals surface area contributed by atoms with E-state index in [-0.39, 0.29) is 0 Å². The average Bonchev–Trinajstić information content (AvgIpc) is 2.37. The first-order chi connectivity index (χ1) is 9.20. The fraction of sp³-hybridized carbons (Fsp3) is 0.625. The summed E-state index contributed by atoms with van der Waals surface area (Å²) in [6, 6.07) is 8.62. The number of para-hydroxylation sites is 1. The minimum Gasteiger partial charge on any atom is -0.380 e. The Morgan fingerprint density at radius 1 is 1.16 bits per heavy atom. The first-order valence-corrected chi connectivity index (χ1v) is 7.23. The van der Waals surface area contributed by atoms with Gasteiger partial charge >= 0.3 is 0 Å². The quantitative estimate of drug-likeness (QED) is 0.906. The number of hydrogen-bond donors (Lipinski definition) is 1. The minimum absolute atomic E-state index is 0.670. The highest BCUT2D eigenvalue weighted by Crippen LogP contribution is 2.24. The van der Waals surface area contributed by atoms with E-state index in [0.717, 1.165) is 26.2 Å². The predicted molar refractivity (Wildman–Crippen MR) is 80.6 cm³/mol. The summed E-state index contributed by atoms with van der Waals surface area (Å²) in [5, 5.41) is 3.55. The molecule has 3 nitrogen and oxygen atoms in total. The Morgan fingerprint density at radius 2 is 1.79 bits per heavy atom. The zero-order chi connectivity index (χ0) is 13.7. The van der Waals surface area contributed by atoms with E-state index < -0.39 is 0 Å². The highest BCUT2D eigenvalue weighted by atomic mass is 16.5. The van der Waals surface area contributed by atoms with Gasteiger partial charge in [-0.05, 0) is 31.0 Å². The molecule has 2 atom stereocenters. The molecule has 1 aliphatic rings. The number of methoxy groups -OCH3 is 1. The number of ether oxygens (including phenoxy) is 1. The molecule has 2 unspecified atom stereocenters. The highest BCUT2D eigenvalue weighted by Gasteiger charge is 2.19. The molecule has 0 saturated carbocycles. The van der Waals surface area contributed by atoms with E-state index in [1.165, 1.54) is 11.3 Å². The molecular formula is C16H26N2O. The Morgan fingerprint density at radius 3 is 2.42 bits per heavy atom. The van der Waals surface area contributed by atoms with Crippen LogP contribution in [0.3, 0.4) is 0 Å². The molecule has 1 aromatic rings. The Balaban J connectivity index is 2.21. The van der Waals surface area contributed by atoms with Gasteiger partial charge in [-0.25, -0.2) is 0 Å². The van der Waals surface area contributed by atoms with Crippen molar-refractivity contribution < 1.29 is 4.74 Å². The SMILES string of the molecule is COCc1ccccc1N1CC(C)CNCC(C)C1. The molecule has 1 heterocycles. The molecule has 2 rings (SSSR count). The fourth-order valence-electron chi connectivity index (χ4n) is 2.83. The summed E-state index contributed by atoms with van der Waals surface area (Å²) in [5.74, 6) is 1.34. The van der Waals surface area contributed by atoms with Crippen molar-refractivity contribution in [3.63, 3.8) is 0 Å². The average molecular weight is 262 g/mol. The van der Waals surface area contributed by atoms with Crippen molar-refractivity contribution in [2.75, 3.05) is 38.2 Å². The third-order valence-electron chi connectivity index (χ3n) is 3.68. The van der Waals surface area contributed by atoms with Gasteiger partial charge < -0.3 is 15.0 Å². The first kappa shape index (κ1) is 14.4. The molecule has 0 spiro atoms. The Bertz CT molecular complexity index is 382. The van der Waals surface area contributed by atoms with Gasteiger partial charge in [-0.15, -0.1) is 0 Å². The van der Waals surface area contributed by atoms with E-state index in [0.29, 0.717) is 18.4 Å². The van der Waals surface area contributed by atoms with Crippen LogP contribution in [-0.2, 0) is 11.3 Å². The van der Waals surface area contributed by atoms with Crippen molar-refractivity contribution in [3.05, 3.63) is 29.8 Å². The van der Waals surface area contributed by atoms with Crippen LogP contribution in [0.4, 0.5) is 5.69 Å². The molecule has 0 aliphatic carbocycles. The van der Waals surface area contributed by atoms with E-state index >= 15 is 0 Å². The second-order valence-electron chi connectivity index (χ2n) is 5.84. The Labute approximate surface area is 116 Å². The van der Waals surface area contributed by atoms with Crippen molar-refractivity contribution in [2.24, 2.45) is 11.8 Å². The lowest BCUT2D eigenvalue weighted by Crippen LogP contribution is -2.43. The van der Waals surface area contributed by atoms with Gasteiger partial charge in [-0.1, -0.05) is 32.0 Å². The molecule has 0 radical (unpaired) electrons. The summed E-state index contributed by atoms with van der Waals surface area (Å²) < 4.78 is 5.33. The summed E-state index contributed by atoms with van der Waals surface area (Å²) in [6.07, 6.45) is 0. The largest absolute Gasteiger partial charge is 0.380 e. The molecule has 1 aliphatic heterocycles. The van der Waals surface area contributed by atoms with Crippen LogP contribution < -0.4 is 10.2 Å². The molecule has 0 amide bonds. The van der Waals surface area contributed by atoms with E-state index in [1.807, 2.05) is 0 Å². The summed E-state index contributed by atoms with van der Waals surface area (Å²) in [5.41, 5.74) is 2.63. The van der Waals surface area contributed by atoms with Gasteiger partial charge in [-0.3, -0.25) is 0 Å². The molecular weight excluding hydrogens is 236 g/mol. The van der Waals surface area contributed by atoms with Crippen molar-refractivity contribution in [1.29, 1.82) is 0 Å². The smallest absolute Gasteiger partial charge is 0.0733 e. The second-order valence-corrected chi connectivity index (χ2v) is 5.84. The number of benzene rings is 1. The number of hydrogen-bond acceptors (Lipinski definition) is 3. The van der Waals surface area contributed by atoms with E-state index in [2.05, 4.69) is 48.3 Å². The molecule has 1 N–H and O–H groups in total. The van der Waals surface area contributed by atoms with Crippen LogP contribution in [0.15, 0.2) is 24.3 Å². The van der Waals surface area contributed by atoms with Crippen LogP contribution in [-0.4, -0.2) is 33.3 Å². The van der Waals surface area contributed by atoms with Crippen LogP contribution in [0.1, 0.15) is 19.4 Å². The van der Waals surface area contributed by atoms with Gasteiger partial charge in [0.25, 0.3) is 0 Å². The monoisotopic (exact) mass is 262 g/mol. The van der Waals surface area contributed by atoms with Crippen molar-refractivity contribution in [2.45, 2.75) is 20.5 Å². The predicted octanol–water partition coefficient (Wildman–Crippen LogP) is 2.51. The summed E-state index contributed by atoms with van der Waals surface area (Å²) >= 11 is 0. The van der Waals surface area contributed by atoms with Gasteiger partial charge in [0.1, 0.15) is 0 Å². The lowest BCUT2D eigenvalue weighted by molar-refractivity contribution is 0.185. The standard InChI is InChI=1S/C16H26N2O/c1-13-8-17-9-14(2)11-18(10-13)16-7-5-4-6-15(16)12-19-3/h4-7,13-14,17H,8-12H2,1-3H3. The van der Waals surface area contributed by atoms with Gasteiger partial charge in [0.2, 0.25) is 0 Å². The van der Waals surface area contributed by atoms with Gasteiger partial charge in [0.15, 0.2) is 0 Å². The van der Waals surface area contributed by atoms with Crippen molar-refractivity contribution >= 4 is 5.69 Å². The molecule has 106 valence electrons. The second kappa shape index (κ2) is 6.92. The molecule has 0 bridgehead atoms. The maximum atomic E-state index is 5.33. The first-order valence-electron chi connectivity index (χ1n) is 7.23. The number of nitrogens with zero attached hydrogens (tertiary/aromatic N) is 1. The molecule has 1 saturated heterocycles. The molecule has 1 aromatic carbocycles. The Kier molecular flexibility index (Phi) is 5.23. The zero-order valence-corrected chi connectivity index (χ0v) is 12.4. The van der Waals surface area contributed by atoms with Crippen LogP contribution >= 0.6 is 0 Å². The summed E-state index contributed by atoms with van der Waals surface area (Å²) in [6.45, 7) is 9.74. The third-order valence-corrected chi connectivity index (χ3v) is 3.68. The summed E-state index contributed by atoms with van der Waals surface area (Å²) in [7, 11) is 1.76. The maximum absolute atomic E-state index is 5.33.